The van der Waals surface area contributed by atoms with Crippen LogP contribution in [0, 0.1) is 5.41 Å². The number of Topliss-reactive ketones (excluding diaryl/α,β-unsaturated/α-hetero) is 1. The number of hydrogen-bond donors (Lipinski definition) is 0. The molecular weight excluding hydrogens is 388 g/mol. The van der Waals surface area contributed by atoms with Gasteiger partial charge in [0.05, 0.1) is 0 Å². The van der Waals surface area contributed by atoms with Crippen molar-refractivity contribution in [3.63, 3.8) is 0 Å². The first kappa shape index (κ1) is 20.8. The maximum Gasteiger partial charge on any atom is 0.268 e. The Morgan fingerprint density at radius 2 is 1.58 bits per heavy atom. The Balaban J connectivity index is 1.87. The van der Waals surface area contributed by atoms with Crippen molar-refractivity contribution < 1.29 is 9.59 Å². The summed E-state index contributed by atoms with van der Waals surface area (Å²) in [5.41, 5.74) is 2.06. The lowest BCUT2D eigenvalue weighted by Crippen LogP contribution is -2.39. The number of hydrogen-bond acceptors (Lipinski definition) is 3. The molecule has 0 saturated heterocycles. The third-order valence-electron chi connectivity index (χ3n) is 5.77. The summed E-state index contributed by atoms with van der Waals surface area (Å²) in [4.78, 5) is 41.6. The van der Waals surface area contributed by atoms with Crippen LogP contribution in [0.4, 0.5) is 0 Å². The number of amides is 1. The van der Waals surface area contributed by atoms with Crippen LogP contribution >= 0.6 is 0 Å². The highest BCUT2D eigenvalue weighted by Crippen LogP contribution is 2.36. The lowest BCUT2D eigenvalue weighted by Gasteiger charge is -2.32. The number of rotatable bonds is 4. The van der Waals surface area contributed by atoms with Gasteiger partial charge in [-0.15, -0.1) is 0 Å². The fourth-order valence-electron chi connectivity index (χ4n) is 4.27. The molecule has 5 nitrogen and oxygen atoms in total. The first-order chi connectivity index (χ1) is 14.8. The van der Waals surface area contributed by atoms with E-state index in [1.54, 1.807) is 30.3 Å². The molecule has 1 amide bonds. The highest BCUT2D eigenvalue weighted by Gasteiger charge is 2.36. The highest BCUT2D eigenvalue weighted by molar-refractivity contribution is 6.04. The lowest BCUT2D eigenvalue weighted by molar-refractivity contribution is 0.0780. The van der Waals surface area contributed by atoms with Crippen molar-refractivity contribution in [1.82, 2.24) is 9.47 Å². The van der Waals surface area contributed by atoms with E-state index < -0.39 is 0 Å². The second-order valence-corrected chi connectivity index (χ2v) is 8.99. The number of aromatic nitrogens is 1. The summed E-state index contributed by atoms with van der Waals surface area (Å²) in [7, 11) is 1.69. The quantitative estimate of drug-likeness (QED) is 0.641. The van der Waals surface area contributed by atoms with Crippen LogP contribution in [0.25, 0.3) is 5.69 Å². The minimum Gasteiger partial charge on any atom is -0.337 e. The Bertz CT molecular complexity index is 1190. The van der Waals surface area contributed by atoms with Gasteiger partial charge in [0.15, 0.2) is 5.78 Å². The van der Waals surface area contributed by atoms with Gasteiger partial charge in [-0.25, -0.2) is 0 Å². The number of ketones is 1. The fraction of sp³-hybridized carbons (Fsp3) is 0.269. The first-order valence-corrected chi connectivity index (χ1v) is 10.4. The third kappa shape index (κ3) is 4.08. The number of para-hydroxylation sites is 1. The van der Waals surface area contributed by atoms with Crippen molar-refractivity contribution in [3.8, 4) is 5.69 Å². The second-order valence-electron chi connectivity index (χ2n) is 8.99. The van der Waals surface area contributed by atoms with E-state index in [-0.39, 0.29) is 28.2 Å². The summed E-state index contributed by atoms with van der Waals surface area (Å²) in [5, 5.41) is 0. The van der Waals surface area contributed by atoms with Crippen molar-refractivity contribution in [3.05, 3.63) is 99.5 Å². The van der Waals surface area contributed by atoms with Crippen LogP contribution in [0.3, 0.4) is 0 Å². The van der Waals surface area contributed by atoms with E-state index in [0.717, 1.165) is 5.56 Å². The molecule has 5 heteroatoms. The molecule has 0 atom stereocenters. The lowest BCUT2D eigenvalue weighted by atomic mass is 9.73. The van der Waals surface area contributed by atoms with E-state index >= 15 is 0 Å². The Morgan fingerprint density at radius 3 is 2.23 bits per heavy atom. The van der Waals surface area contributed by atoms with Gasteiger partial charge in [-0.05, 0) is 35.1 Å². The van der Waals surface area contributed by atoms with Crippen LogP contribution < -0.4 is 5.56 Å². The zero-order valence-corrected chi connectivity index (χ0v) is 18.1. The maximum absolute atomic E-state index is 13.6. The van der Waals surface area contributed by atoms with Crippen molar-refractivity contribution >= 4 is 11.7 Å². The average molecular weight is 415 g/mol. The van der Waals surface area contributed by atoms with Crippen LogP contribution in [0.2, 0.25) is 0 Å². The molecule has 0 fully saturated rings. The summed E-state index contributed by atoms with van der Waals surface area (Å²) in [6.45, 7) is 4.38. The molecule has 158 valence electrons. The molecule has 3 aromatic rings. The van der Waals surface area contributed by atoms with E-state index in [9.17, 15) is 14.4 Å². The topological polar surface area (TPSA) is 59.4 Å². The van der Waals surface area contributed by atoms with E-state index in [1.165, 1.54) is 4.57 Å². The molecular formula is C26H26N2O3. The van der Waals surface area contributed by atoms with Gasteiger partial charge in [-0.2, -0.15) is 0 Å². The molecule has 1 aromatic heterocycles. The molecule has 0 radical (unpaired) electrons. The molecule has 4 rings (SSSR count). The molecule has 1 aliphatic carbocycles. The second kappa shape index (κ2) is 7.99. The predicted molar refractivity (Wildman–Crippen MR) is 121 cm³/mol. The number of carbonyl (C=O) groups excluding carboxylic acids is 2. The van der Waals surface area contributed by atoms with Crippen molar-refractivity contribution in [2.24, 2.45) is 5.41 Å². The van der Waals surface area contributed by atoms with Gasteiger partial charge < -0.3 is 4.90 Å². The van der Waals surface area contributed by atoms with E-state index in [4.69, 9.17) is 0 Å². The van der Waals surface area contributed by atoms with Gasteiger partial charge in [0.2, 0.25) is 0 Å². The normalized spacial score (nSPS) is 14.7. The zero-order chi connectivity index (χ0) is 22.2. The Labute approximate surface area is 181 Å². The smallest absolute Gasteiger partial charge is 0.268 e. The van der Waals surface area contributed by atoms with Gasteiger partial charge in [0, 0.05) is 37.5 Å². The van der Waals surface area contributed by atoms with Gasteiger partial charge in [-0.3, -0.25) is 19.0 Å². The predicted octanol–water partition coefficient (Wildman–Crippen LogP) is 4.26. The number of benzene rings is 2. The minimum absolute atomic E-state index is 0.0318. The van der Waals surface area contributed by atoms with E-state index in [1.807, 2.05) is 62.4 Å². The molecule has 1 aliphatic rings. The van der Waals surface area contributed by atoms with Crippen LogP contribution in [0.15, 0.2) is 71.7 Å². The van der Waals surface area contributed by atoms with Crippen LogP contribution in [0.1, 0.15) is 52.1 Å². The SMILES string of the molecule is CN(Cc1ccccc1)C(=O)c1c2c(cn(-c3ccccc3)c1=O)C(=O)CC(C)(C)C2. The van der Waals surface area contributed by atoms with Crippen molar-refractivity contribution in [2.75, 3.05) is 7.05 Å². The summed E-state index contributed by atoms with van der Waals surface area (Å²) in [6.07, 6.45) is 2.51. The third-order valence-corrected chi connectivity index (χ3v) is 5.77. The van der Waals surface area contributed by atoms with Gasteiger partial charge >= 0.3 is 0 Å². The molecule has 0 bridgehead atoms. The number of fused-ring (bicyclic) bond motifs is 1. The Kier molecular flexibility index (Phi) is 5.36. The van der Waals surface area contributed by atoms with E-state index in [2.05, 4.69) is 0 Å². The Morgan fingerprint density at radius 1 is 0.968 bits per heavy atom. The van der Waals surface area contributed by atoms with Gasteiger partial charge in [0.1, 0.15) is 5.56 Å². The first-order valence-electron chi connectivity index (χ1n) is 10.4. The largest absolute Gasteiger partial charge is 0.337 e. The summed E-state index contributed by atoms with van der Waals surface area (Å²) in [6, 6.07) is 18.8. The van der Waals surface area contributed by atoms with Crippen LogP contribution in [-0.4, -0.2) is 28.2 Å². The van der Waals surface area contributed by atoms with Crippen LogP contribution in [-0.2, 0) is 13.0 Å². The van der Waals surface area contributed by atoms with Gasteiger partial charge in [0.25, 0.3) is 11.5 Å². The number of pyridine rings is 1. The molecule has 0 saturated carbocycles. The molecule has 0 spiro atoms. The maximum atomic E-state index is 13.6. The molecule has 1 heterocycles. The fourth-order valence-corrected chi connectivity index (χ4v) is 4.27. The highest BCUT2D eigenvalue weighted by atomic mass is 16.2. The van der Waals surface area contributed by atoms with Gasteiger partial charge in [-0.1, -0.05) is 62.4 Å². The summed E-state index contributed by atoms with van der Waals surface area (Å²) < 4.78 is 1.43. The Hall–Kier alpha value is -3.47. The molecule has 0 aliphatic heterocycles. The number of carbonyl (C=O) groups is 2. The number of nitrogens with zero attached hydrogens (tertiary/aromatic N) is 2. The molecule has 2 aromatic carbocycles. The molecule has 0 N–H and O–H groups in total. The zero-order valence-electron chi connectivity index (χ0n) is 18.1. The monoisotopic (exact) mass is 414 g/mol. The average Bonchev–Trinajstić information content (AvgIpc) is 2.73. The van der Waals surface area contributed by atoms with E-state index in [0.29, 0.717) is 36.2 Å². The molecule has 0 unspecified atom stereocenters. The van der Waals surface area contributed by atoms with Crippen LogP contribution in [0.5, 0.6) is 0 Å². The van der Waals surface area contributed by atoms with Crippen molar-refractivity contribution in [1.29, 1.82) is 0 Å². The minimum atomic E-state index is -0.389. The molecule has 31 heavy (non-hydrogen) atoms. The standard InChI is InChI=1S/C26H26N2O3/c1-26(2)14-20-21(22(29)15-26)17-28(19-12-8-5-9-13-19)25(31)23(20)24(30)27(3)16-18-10-6-4-7-11-18/h4-13,17H,14-16H2,1-3H3. The summed E-state index contributed by atoms with van der Waals surface area (Å²) >= 11 is 0. The summed E-state index contributed by atoms with van der Waals surface area (Å²) in [5.74, 6) is -0.392. The van der Waals surface area contributed by atoms with Crippen molar-refractivity contribution in [2.45, 2.75) is 33.2 Å².